The summed E-state index contributed by atoms with van der Waals surface area (Å²) >= 11 is 0. The SMILES string of the molecule is CCCc1c(Cc2ccc(-c3ccccc3)cc2)c(=O)[nH]c2nc(C)nn12. The summed E-state index contributed by atoms with van der Waals surface area (Å²) in [5, 5.41) is 4.46. The number of aromatic nitrogens is 4. The van der Waals surface area contributed by atoms with E-state index in [0.29, 0.717) is 18.0 Å². The molecular weight excluding hydrogens is 336 g/mol. The van der Waals surface area contributed by atoms with E-state index in [2.05, 4.69) is 58.4 Å². The first-order valence-corrected chi connectivity index (χ1v) is 9.27. The fourth-order valence-electron chi connectivity index (χ4n) is 3.45. The Morgan fingerprint density at radius 3 is 2.41 bits per heavy atom. The van der Waals surface area contributed by atoms with Crippen LogP contribution in [0.1, 0.15) is 36.0 Å². The maximum absolute atomic E-state index is 12.7. The average molecular weight is 358 g/mol. The molecule has 0 amide bonds. The van der Waals surface area contributed by atoms with Crippen molar-refractivity contribution >= 4 is 5.78 Å². The van der Waals surface area contributed by atoms with Gasteiger partial charge in [-0.1, -0.05) is 67.9 Å². The van der Waals surface area contributed by atoms with E-state index in [1.807, 2.05) is 25.1 Å². The molecule has 0 fully saturated rings. The van der Waals surface area contributed by atoms with Gasteiger partial charge in [0.25, 0.3) is 5.56 Å². The second kappa shape index (κ2) is 7.19. The van der Waals surface area contributed by atoms with Crippen LogP contribution in [0.25, 0.3) is 16.9 Å². The Labute approximate surface area is 157 Å². The zero-order valence-electron chi connectivity index (χ0n) is 15.6. The lowest BCUT2D eigenvalue weighted by molar-refractivity contribution is 0.765. The molecule has 27 heavy (non-hydrogen) atoms. The van der Waals surface area contributed by atoms with Crippen molar-refractivity contribution in [3.8, 4) is 11.1 Å². The molecule has 1 N–H and O–H groups in total. The standard InChI is InChI=1S/C22H22N4O/c1-3-7-20-19(21(27)24-22-23-15(2)25-26(20)22)14-16-10-12-18(13-11-16)17-8-5-4-6-9-17/h4-6,8-13H,3,7,14H2,1-2H3,(H,23,24,25,27). The summed E-state index contributed by atoms with van der Waals surface area (Å²) in [4.78, 5) is 19.9. The van der Waals surface area contributed by atoms with Gasteiger partial charge in [0.2, 0.25) is 5.78 Å². The Morgan fingerprint density at radius 1 is 1.00 bits per heavy atom. The number of rotatable bonds is 5. The van der Waals surface area contributed by atoms with Crippen molar-refractivity contribution < 1.29 is 0 Å². The Kier molecular flexibility index (Phi) is 4.59. The van der Waals surface area contributed by atoms with Gasteiger partial charge in [-0.15, -0.1) is 0 Å². The number of aromatic amines is 1. The summed E-state index contributed by atoms with van der Waals surface area (Å²) in [6.07, 6.45) is 2.31. The van der Waals surface area contributed by atoms with Gasteiger partial charge in [0.05, 0.1) is 5.69 Å². The van der Waals surface area contributed by atoms with Crippen LogP contribution in [-0.2, 0) is 12.8 Å². The molecule has 0 aliphatic carbocycles. The van der Waals surface area contributed by atoms with E-state index in [-0.39, 0.29) is 5.56 Å². The van der Waals surface area contributed by atoms with Gasteiger partial charge in [-0.25, -0.2) is 4.52 Å². The molecule has 0 saturated carbocycles. The molecule has 5 nitrogen and oxygen atoms in total. The molecule has 0 unspecified atom stereocenters. The summed E-state index contributed by atoms with van der Waals surface area (Å²) in [6.45, 7) is 3.94. The molecule has 5 heteroatoms. The topological polar surface area (TPSA) is 63.0 Å². The lowest BCUT2D eigenvalue weighted by atomic mass is 9.99. The molecule has 0 atom stereocenters. The molecule has 0 spiro atoms. The van der Waals surface area contributed by atoms with Gasteiger partial charge in [0, 0.05) is 12.0 Å². The molecule has 2 aromatic carbocycles. The van der Waals surface area contributed by atoms with Crippen LogP contribution in [0.5, 0.6) is 0 Å². The molecule has 0 saturated heterocycles. The number of nitrogens with zero attached hydrogens (tertiary/aromatic N) is 3. The van der Waals surface area contributed by atoms with Crippen LogP contribution in [0.15, 0.2) is 59.4 Å². The maximum Gasteiger partial charge on any atom is 0.256 e. The lowest BCUT2D eigenvalue weighted by Crippen LogP contribution is -2.20. The van der Waals surface area contributed by atoms with Crippen LogP contribution in [0.3, 0.4) is 0 Å². The Morgan fingerprint density at radius 2 is 1.70 bits per heavy atom. The zero-order valence-corrected chi connectivity index (χ0v) is 15.6. The quantitative estimate of drug-likeness (QED) is 0.588. The van der Waals surface area contributed by atoms with Gasteiger partial charge in [-0.3, -0.25) is 9.78 Å². The third kappa shape index (κ3) is 3.40. The monoisotopic (exact) mass is 358 g/mol. The first kappa shape index (κ1) is 17.2. The molecule has 0 aliphatic heterocycles. The van der Waals surface area contributed by atoms with Crippen LogP contribution in [0.2, 0.25) is 0 Å². The first-order valence-electron chi connectivity index (χ1n) is 9.27. The molecule has 4 rings (SSSR count). The van der Waals surface area contributed by atoms with E-state index in [1.54, 1.807) is 4.52 Å². The predicted octanol–water partition coefficient (Wildman–Crippen LogP) is 3.94. The Bertz CT molecular complexity index is 1120. The van der Waals surface area contributed by atoms with Crippen molar-refractivity contribution in [2.45, 2.75) is 33.1 Å². The Hall–Kier alpha value is -3.21. The third-order valence-electron chi connectivity index (χ3n) is 4.75. The average Bonchev–Trinajstić information content (AvgIpc) is 3.05. The van der Waals surface area contributed by atoms with Gasteiger partial charge in [0.1, 0.15) is 5.82 Å². The highest BCUT2D eigenvalue weighted by Gasteiger charge is 2.15. The summed E-state index contributed by atoms with van der Waals surface area (Å²) < 4.78 is 1.79. The predicted molar refractivity (Wildman–Crippen MR) is 107 cm³/mol. The molecule has 0 radical (unpaired) electrons. The van der Waals surface area contributed by atoms with Crippen LogP contribution in [-0.4, -0.2) is 19.6 Å². The van der Waals surface area contributed by atoms with E-state index < -0.39 is 0 Å². The largest absolute Gasteiger partial charge is 0.290 e. The summed E-state index contributed by atoms with van der Waals surface area (Å²) in [7, 11) is 0. The van der Waals surface area contributed by atoms with Gasteiger partial charge < -0.3 is 0 Å². The highest BCUT2D eigenvalue weighted by molar-refractivity contribution is 5.63. The highest BCUT2D eigenvalue weighted by atomic mass is 16.1. The van der Waals surface area contributed by atoms with E-state index in [1.165, 1.54) is 11.1 Å². The van der Waals surface area contributed by atoms with E-state index in [4.69, 9.17) is 0 Å². The van der Waals surface area contributed by atoms with Gasteiger partial charge in [0.15, 0.2) is 0 Å². The number of aryl methyl sites for hydroxylation is 2. The van der Waals surface area contributed by atoms with Crippen molar-refractivity contribution in [1.29, 1.82) is 0 Å². The summed E-state index contributed by atoms with van der Waals surface area (Å²) in [5.41, 5.74) is 5.10. The minimum atomic E-state index is -0.0783. The van der Waals surface area contributed by atoms with Crippen molar-refractivity contribution in [3.05, 3.63) is 87.6 Å². The first-order chi connectivity index (χ1) is 13.2. The van der Waals surface area contributed by atoms with Crippen molar-refractivity contribution in [2.75, 3.05) is 0 Å². The number of H-pyrrole nitrogens is 1. The van der Waals surface area contributed by atoms with E-state index in [9.17, 15) is 4.79 Å². The van der Waals surface area contributed by atoms with Crippen LogP contribution < -0.4 is 5.56 Å². The zero-order chi connectivity index (χ0) is 18.8. The van der Waals surface area contributed by atoms with E-state index >= 15 is 0 Å². The van der Waals surface area contributed by atoms with Crippen LogP contribution in [0, 0.1) is 6.92 Å². The third-order valence-corrected chi connectivity index (χ3v) is 4.75. The Balaban J connectivity index is 1.71. The molecule has 136 valence electrons. The summed E-state index contributed by atoms with van der Waals surface area (Å²) in [6, 6.07) is 18.7. The van der Waals surface area contributed by atoms with Gasteiger partial charge in [-0.2, -0.15) is 10.1 Å². The minimum absolute atomic E-state index is 0.0783. The second-order valence-electron chi connectivity index (χ2n) is 6.76. The number of benzene rings is 2. The molecule has 2 aromatic heterocycles. The number of hydrogen-bond acceptors (Lipinski definition) is 3. The maximum atomic E-state index is 12.7. The molecular formula is C22H22N4O. The molecule has 2 heterocycles. The molecule has 0 bridgehead atoms. The minimum Gasteiger partial charge on any atom is -0.290 e. The highest BCUT2D eigenvalue weighted by Crippen LogP contribution is 2.21. The lowest BCUT2D eigenvalue weighted by Gasteiger charge is -2.10. The molecule has 4 aromatic rings. The van der Waals surface area contributed by atoms with Crippen molar-refractivity contribution in [1.82, 2.24) is 19.6 Å². The fraction of sp³-hybridized carbons (Fsp3) is 0.227. The number of hydrogen-bond donors (Lipinski definition) is 1. The van der Waals surface area contributed by atoms with Crippen molar-refractivity contribution in [2.24, 2.45) is 0 Å². The normalized spacial score (nSPS) is 11.2. The fourth-order valence-corrected chi connectivity index (χ4v) is 3.45. The van der Waals surface area contributed by atoms with Gasteiger partial charge >= 0.3 is 0 Å². The molecule has 0 aliphatic rings. The smallest absolute Gasteiger partial charge is 0.256 e. The van der Waals surface area contributed by atoms with Crippen molar-refractivity contribution in [3.63, 3.8) is 0 Å². The number of fused-ring (bicyclic) bond motifs is 1. The van der Waals surface area contributed by atoms with Crippen LogP contribution in [0.4, 0.5) is 0 Å². The van der Waals surface area contributed by atoms with Gasteiger partial charge in [-0.05, 0) is 30.0 Å². The van der Waals surface area contributed by atoms with Crippen LogP contribution >= 0.6 is 0 Å². The summed E-state index contributed by atoms with van der Waals surface area (Å²) in [5.74, 6) is 1.18. The second-order valence-corrected chi connectivity index (χ2v) is 6.76. The van der Waals surface area contributed by atoms with E-state index in [0.717, 1.165) is 29.7 Å². The number of nitrogens with one attached hydrogen (secondary N) is 1.